The van der Waals surface area contributed by atoms with Crippen LogP contribution >= 0.6 is 0 Å². The molecule has 6 nitrogen and oxygen atoms in total. The van der Waals surface area contributed by atoms with Crippen LogP contribution in [-0.4, -0.2) is 21.9 Å². The van der Waals surface area contributed by atoms with Crippen molar-refractivity contribution in [1.82, 2.24) is 9.97 Å². The normalized spacial score (nSPS) is 22.7. The molecular formula is C12H16N4O2. The second-order valence-corrected chi connectivity index (χ2v) is 4.54. The van der Waals surface area contributed by atoms with E-state index in [1.807, 2.05) is 0 Å². The summed E-state index contributed by atoms with van der Waals surface area (Å²) in [5, 5.41) is 5.80. The van der Waals surface area contributed by atoms with Gasteiger partial charge in [0.25, 0.3) is 0 Å². The molecule has 1 saturated carbocycles. The van der Waals surface area contributed by atoms with E-state index in [9.17, 15) is 9.70 Å². The fourth-order valence-electron chi connectivity index (χ4n) is 2.38. The molecule has 1 fully saturated rings. The molecule has 0 radical (unpaired) electrons. The van der Waals surface area contributed by atoms with Crippen molar-refractivity contribution in [2.45, 2.75) is 38.1 Å². The number of carbonyl (C=O) groups excluding carboxylic acids is 1. The minimum Gasteiger partial charge on any atom is -0.309 e. The number of carbonyl (C=O) groups is 1. The molecule has 1 amide bonds. The molecule has 2 unspecified atom stereocenters. The summed E-state index contributed by atoms with van der Waals surface area (Å²) in [5.74, 6) is 0.626. The third-order valence-electron chi connectivity index (χ3n) is 3.33. The molecule has 1 aromatic rings. The second kappa shape index (κ2) is 6.18. The Hall–Kier alpha value is -1.85. The van der Waals surface area contributed by atoms with E-state index in [4.69, 9.17) is 0 Å². The molecule has 1 N–H and O–H groups in total. The molecule has 0 bridgehead atoms. The lowest BCUT2D eigenvalue weighted by Crippen LogP contribution is -2.17. The highest BCUT2D eigenvalue weighted by Crippen LogP contribution is 2.31. The highest BCUT2D eigenvalue weighted by Gasteiger charge is 2.28. The molecule has 0 spiro atoms. The number of nitroso groups, excluding NO2 is 1. The van der Waals surface area contributed by atoms with Crippen molar-refractivity contribution in [1.29, 1.82) is 0 Å². The Morgan fingerprint density at radius 1 is 1.44 bits per heavy atom. The van der Waals surface area contributed by atoms with Gasteiger partial charge in [0.15, 0.2) is 5.82 Å². The van der Waals surface area contributed by atoms with Gasteiger partial charge in [-0.25, -0.2) is 4.98 Å². The average Bonchev–Trinajstić information content (AvgIpc) is 2.85. The van der Waals surface area contributed by atoms with Crippen LogP contribution in [0.15, 0.2) is 23.8 Å². The van der Waals surface area contributed by atoms with Gasteiger partial charge in [0.2, 0.25) is 5.91 Å². The summed E-state index contributed by atoms with van der Waals surface area (Å²) >= 11 is 0. The highest BCUT2D eigenvalue weighted by molar-refractivity contribution is 5.89. The zero-order valence-corrected chi connectivity index (χ0v) is 10.1. The molecule has 0 aromatic carbocycles. The van der Waals surface area contributed by atoms with Crippen LogP contribution in [0.25, 0.3) is 0 Å². The monoisotopic (exact) mass is 248 g/mol. The number of aromatic nitrogens is 2. The Bertz CT molecular complexity index is 410. The summed E-state index contributed by atoms with van der Waals surface area (Å²) in [6, 6.07) is -0.102. The Balaban J connectivity index is 1.76. The van der Waals surface area contributed by atoms with Crippen molar-refractivity contribution in [3.63, 3.8) is 0 Å². The zero-order chi connectivity index (χ0) is 12.8. The maximum atomic E-state index is 11.7. The van der Waals surface area contributed by atoms with Gasteiger partial charge in [-0.15, -0.1) is 0 Å². The number of nitrogens with zero attached hydrogens (tertiary/aromatic N) is 3. The van der Waals surface area contributed by atoms with Gasteiger partial charge in [-0.05, 0) is 25.2 Å². The fourth-order valence-corrected chi connectivity index (χ4v) is 2.38. The van der Waals surface area contributed by atoms with Crippen molar-refractivity contribution in [2.75, 3.05) is 5.32 Å². The average molecular weight is 248 g/mol. The Morgan fingerprint density at radius 3 is 3.06 bits per heavy atom. The lowest BCUT2D eigenvalue weighted by atomic mass is 9.98. The van der Waals surface area contributed by atoms with Crippen molar-refractivity contribution < 1.29 is 4.79 Å². The molecule has 2 rings (SSSR count). The lowest BCUT2D eigenvalue weighted by molar-refractivity contribution is -0.116. The van der Waals surface area contributed by atoms with Crippen LogP contribution in [0.4, 0.5) is 5.82 Å². The van der Waals surface area contributed by atoms with E-state index in [0.29, 0.717) is 18.7 Å². The van der Waals surface area contributed by atoms with Gasteiger partial charge in [0.1, 0.15) is 0 Å². The Labute approximate surface area is 105 Å². The van der Waals surface area contributed by atoms with E-state index >= 15 is 0 Å². The molecule has 6 heteroatoms. The van der Waals surface area contributed by atoms with E-state index in [-0.39, 0.29) is 17.9 Å². The molecule has 2 atom stereocenters. The van der Waals surface area contributed by atoms with Crippen LogP contribution in [0, 0.1) is 10.8 Å². The van der Waals surface area contributed by atoms with Crippen molar-refractivity contribution in [2.24, 2.45) is 11.1 Å². The standard InChI is InChI=1S/C12H16N4O2/c17-12(15-11-8-13-6-7-14-11)5-4-9-2-1-3-10(9)16-18/h6-10H,1-5H2,(H,14,15,17). The van der Waals surface area contributed by atoms with E-state index in [1.54, 1.807) is 6.20 Å². The smallest absolute Gasteiger partial charge is 0.225 e. The van der Waals surface area contributed by atoms with Crippen molar-refractivity contribution in [3.05, 3.63) is 23.5 Å². The van der Waals surface area contributed by atoms with Gasteiger partial charge in [0.05, 0.1) is 12.2 Å². The van der Waals surface area contributed by atoms with Crippen LogP contribution < -0.4 is 5.32 Å². The minimum atomic E-state index is -0.102. The number of amides is 1. The van der Waals surface area contributed by atoms with Crippen LogP contribution in [0.3, 0.4) is 0 Å². The van der Waals surface area contributed by atoms with Crippen molar-refractivity contribution >= 4 is 11.7 Å². The molecule has 1 heterocycles. The Morgan fingerprint density at radius 2 is 2.33 bits per heavy atom. The van der Waals surface area contributed by atoms with E-state index in [2.05, 4.69) is 20.5 Å². The molecule has 18 heavy (non-hydrogen) atoms. The third kappa shape index (κ3) is 3.32. The summed E-state index contributed by atoms with van der Waals surface area (Å²) < 4.78 is 0. The van der Waals surface area contributed by atoms with Crippen LogP contribution in [0.5, 0.6) is 0 Å². The molecular weight excluding hydrogens is 232 g/mol. The molecule has 1 aromatic heterocycles. The summed E-state index contributed by atoms with van der Waals surface area (Å²) in [5.41, 5.74) is 0. The number of hydrogen-bond donors (Lipinski definition) is 1. The number of hydrogen-bond acceptors (Lipinski definition) is 5. The first-order valence-corrected chi connectivity index (χ1v) is 6.18. The van der Waals surface area contributed by atoms with E-state index in [1.165, 1.54) is 12.4 Å². The number of nitrogens with one attached hydrogen (secondary N) is 1. The number of anilines is 1. The van der Waals surface area contributed by atoms with Crippen LogP contribution in [-0.2, 0) is 4.79 Å². The predicted octanol–water partition coefficient (Wildman–Crippen LogP) is 2.13. The van der Waals surface area contributed by atoms with E-state index < -0.39 is 0 Å². The first-order chi connectivity index (χ1) is 8.79. The molecule has 1 aliphatic carbocycles. The van der Waals surface area contributed by atoms with Gasteiger partial charge < -0.3 is 5.32 Å². The first kappa shape index (κ1) is 12.6. The largest absolute Gasteiger partial charge is 0.309 e. The number of rotatable bonds is 5. The quantitative estimate of drug-likeness (QED) is 0.809. The van der Waals surface area contributed by atoms with Gasteiger partial charge >= 0.3 is 0 Å². The van der Waals surface area contributed by atoms with Crippen LogP contribution in [0.1, 0.15) is 32.1 Å². The second-order valence-electron chi connectivity index (χ2n) is 4.54. The van der Waals surface area contributed by atoms with Gasteiger partial charge in [-0.1, -0.05) is 11.6 Å². The topological polar surface area (TPSA) is 84.3 Å². The Kier molecular flexibility index (Phi) is 4.33. The summed E-state index contributed by atoms with van der Waals surface area (Å²) in [6.45, 7) is 0. The molecule has 1 aliphatic rings. The summed E-state index contributed by atoms with van der Waals surface area (Å²) in [6.07, 6.45) is 8.58. The molecule has 0 saturated heterocycles. The van der Waals surface area contributed by atoms with Crippen molar-refractivity contribution in [3.8, 4) is 0 Å². The predicted molar refractivity (Wildman–Crippen MR) is 66.8 cm³/mol. The fraction of sp³-hybridized carbons (Fsp3) is 0.583. The van der Waals surface area contributed by atoms with Gasteiger partial charge in [0, 0.05) is 18.8 Å². The van der Waals surface area contributed by atoms with E-state index in [0.717, 1.165) is 19.3 Å². The minimum absolute atomic E-state index is 0.0907. The zero-order valence-electron chi connectivity index (χ0n) is 10.1. The first-order valence-electron chi connectivity index (χ1n) is 6.18. The molecule has 96 valence electrons. The highest BCUT2D eigenvalue weighted by atomic mass is 16.3. The molecule has 0 aliphatic heterocycles. The lowest BCUT2D eigenvalue weighted by Gasteiger charge is -2.12. The third-order valence-corrected chi connectivity index (χ3v) is 3.33. The summed E-state index contributed by atoms with van der Waals surface area (Å²) in [7, 11) is 0. The van der Waals surface area contributed by atoms with Gasteiger partial charge in [-0.3, -0.25) is 9.78 Å². The maximum Gasteiger partial charge on any atom is 0.225 e. The summed E-state index contributed by atoms with van der Waals surface area (Å²) in [4.78, 5) is 30.1. The van der Waals surface area contributed by atoms with Gasteiger partial charge in [-0.2, -0.15) is 4.91 Å². The SMILES string of the molecule is O=NC1CCCC1CCC(=O)Nc1cnccn1. The maximum absolute atomic E-state index is 11.7. The van der Waals surface area contributed by atoms with Crippen LogP contribution in [0.2, 0.25) is 0 Å².